The van der Waals surface area contributed by atoms with E-state index in [0.717, 1.165) is 22.1 Å². The van der Waals surface area contributed by atoms with Crippen LogP contribution < -0.4 is 21.4 Å². The topological polar surface area (TPSA) is 42.5 Å². The summed E-state index contributed by atoms with van der Waals surface area (Å²) in [7, 11) is -0.824. The summed E-state index contributed by atoms with van der Waals surface area (Å²) in [4.78, 5) is 0. The molecule has 0 bridgehead atoms. The van der Waals surface area contributed by atoms with Crippen molar-refractivity contribution < 1.29 is 18.1 Å². The van der Waals surface area contributed by atoms with E-state index in [-0.39, 0.29) is 5.46 Å². The van der Waals surface area contributed by atoms with Crippen LogP contribution in [0.1, 0.15) is 27.7 Å². The summed E-state index contributed by atoms with van der Waals surface area (Å²) in [5.74, 6) is -1.31. The van der Waals surface area contributed by atoms with Crippen molar-refractivity contribution in [2.24, 2.45) is 0 Å². The van der Waals surface area contributed by atoms with Crippen LogP contribution in [0.15, 0.2) is 48.5 Å². The second kappa shape index (κ2) is 6.46. The van der Waals surface area contributed by atoms with Crippen LogP contribution in [-0.4, -0.2) is 25.3 Å². The Morgan fingerprint density at radius 3 is 1.80 bits per heavy atom. The average Bonchev–Trinajstić information content (AvgIpc) is 2.89. The van der Waals surface area contributed by atoms with E-state index in [1.807, 2.05) is 64.1 Å². The van der Waals surface area contributed by atoms with Crippen molar-refractivity contribution in [2.75, 3.05) is 10.5 Å². The standard InChI is InChI=1S/C22H22B2F2N2O2/c1-21(2)22(3,4)30-24(29-21)14-11-15(25)20(16(26)12-14)23-27-17-9-5-7-13-8-6-10-18(28-23)19(13)17/h5-12,27-28H,1-4H3. The van der Waals surface area contributed by atoms with E-state index in [4.69, 9.17) is 9.31 Å². The molecule has 0 atom stereocenters. The first kappa shape index (κ1) is 19.4. The lowest BCUT2D eigenvalue weighted by Crippen LogP contribution is -2.52. The predicted molar refractivity (Wildman–Crippen MR) is 119 cm³/mol. The fourth-order valence-corrected chi connectivity index (χ4v) is 4.07. The summed E-state index contributed by atoms with van der Waals surface area (Å²) in [5.41, 5.74) is 0.755. The van der Waals surface area contributed by atoms with Crippen molar-refractivity contribution in [2.45, 2.75) is 38.9 Å². The Kier molecular flexibility index (Phi) is 4.18. The minimum Gasteiger partial charge on any atom is -0.405 e. The van der Waals surface area contributed by atoms with Gasteiger partial charge in [-0.3, -0.25) is 0 Å². The zero-order chi connectivity index (χ0) is 21.3. The van der Waals surface area contributed by atoms with Gasteiger partial charge in [0.2, 0.25) is 0 Å². The first-order valence-electron chi connectivity index (χ1n) is 10.1. The van der Waals surface area contributed by atoms with Crippen LogP contribution in [0.5, 0.6) is 0 Å². The van der Waals surface area contributed by atoms with Gasteiger partial charge in [0.25, 0.3) is 0 Å². The maximum absolute atomic E-state index is 15.2. The molecule has 4 nitrogen and oxygen atoms in total. The molecule has 0 radical (unpaired) electrons. The second-order valence-corrected chi connectivity index (χ2v) is 8.92. The molecule has 2 heterocycles. The molecule has 0 aliphatic carbocycles. The average molecular weight is 406 g/mol. The molecule has 8 heteroatoms. The van der Waals surface area contributed by atoms with E-state index in [0.29, 0.717) is 5.46 Å². The van der Waals surface area contributed by atoms with E-state index in [1.54, 1.807) is 0 Å². The lowest BCUT2D eigenvalue weighted by Gasteiger charge is -2.32. The Morgan fingerprint density at radius 1 is 0.800 bits per heavy atom. The summed E-state index contributed by atoms with van der Waals surface area (Å²) in [6.07, 6.45) is 0. The third-order valence-corrected chi connectivity index (χ3v) is 6.42. The third kappa shape index (κ3) is 2.89. The monoisotopic (exact) mass is 406 g/mol. The van der Waals surface area contributed by atoms with Gasteiger partial charge in [-0.2, -0.15) is 0 Å². The molecule has 1 fully saturated rings. The van der Waals surface area contributed by atoms with E-state index in [9.17, 15) is 0 Å². The van der Waals surface area contributed by atoms with Crippen molar-refractivity contribution in [1.82, 2.24) is 0 Å². The van der Waals surface area contributed by atoms with Crippen LogP contribution in [0.2, 0.25) is 0 Å². The van der Waals surface area contributed by atoms with Gasteiger partial charge in [0.15, 0.2) is 0 Å². The molecule has 0 unspecified atom stereocenters. The fourth-order valence-electron chi connectivity index (χ4n) is 4.07. The van der Waals surface area contributed by atoms with Gasteiger partial charge in [0.05, 0.1) is 11.2 Å². The number of hydrogen-bond donors (Lipinski definition) is 2. The van der Waals surface area contributed by atoms with Crippen molar-refractivity contribution in [3.63, 3.8) is 0 Å². The maximum atomic E-state index is 15.2. The summed E-state index contributed by atoms with van der Waals surface area (Å²) < 4.78 is 42.2. The minimum atomic E-state index is -0.824. The molecule has 5 rings (SSSR count). The van der Waals surface area contributed by atoms with Gasteiger partial charge in [-0.25, -0.2) is 8.78 Å². The van der Waals surface area contributed by atoms with Crippen molar-refractivity contribution >= 4 is 47.2 Å². The summed E-state index contributed by atoms with van der Waals surface area (Å²) >= 11 is 0. The van der Waals surface area contributed by atoms with Crippen molar-refractivity contribution in [3.05, 3.63) is 60.2 Å². The number of benzene rings is 3. The molecule has 2 aliphatic rings. The van der Waals surface area contributed by atoms with Gasteiger partial charge in [-0.1, -0.05) is 24.3 Å². The molecule has 0 spiro atoms. The number of anilines is 2. The molecule has 0 amide bonds. The first-order valence-corrected chi connectivity index (χ1v) is 10.1. The Hall–Kier alpha value is -2.57. The molecule has 2 N–H and O–H groups in total. The Labute approximate surface area is 175 Å². The van der Waals surface area contributed by atoms with Gasteiger partial charge >= 0.3 is 14.1 Å². The van der Waals surface area contributed by atoms with Gasteiger partial charge in [-0.05, 0) is 62.8 Å². The van der Waals surface area contributed by atoms with E-state index in [2.05, 4.69) is 10.5 Å². The molecule has 0 aromatic heterocycles. The zero-order valence-corrected chi connectivity index (χ0v) is 17.3. The van der Waals surface area contributed by atoms with Crippen molar-refractivity contribution in [3.8, 4) is 0 Å². The number of halogens is 2. The molecule has 1 saturated heterocycles. The molecule has 2 aliphatic heterocycles. The molecule has 152 valence electrons. The van der Waals surface area contributed by atoms with Gasteiger partial charge in [0, 0.05) is 22.2 Å². The third-order valence-electron chi connectivity index (χ3n) is 6.42. The lowest BCUT2D eigenvalue weighted by molar-refractivity contribution is 0.00578. The maximum Gasteiger partial charge on any atom is 0.495 e. The van der Waals surface area contributed by atoms with Crippen LogP contribution in [-0.2, 0) is 9.31 Å². The summed E-state index contributed by atoms with van der Waals surface area (Å²) in [6, 6.07) is 14.3. The van der Waals surface area contributed by atoms with Gasteiger partial charge in [-0.15, -0.1) is 0 Å². The van der Waals surface area contributed by atoms with E-state index in [1.165, 1.54) is 12.1 Å². The SMILES string of the molecule is CC1(C)OB(c2cc(F)c(B3Nc4cccc5cccc(c45)N3)c(F)c2)OC1(C)C. The highest BCUT2D eigenvalue weighted by Crippen LogP contribution is 2.37. The highest BCUT2D eigenvalue weighted by Gasteiger charge is 2.52. The molecule has 0 saturated carbocycles. The van der Waals surface area contributed by atoms with Crippen LogP contribution in [0, 0.1) is 11.6 Å². The Balaban J connectivity index is 1.50. The highest BCUT2D eigenvalue weighted by molar-refractivity contribution is 6.80. The fraction of sp³-hybridized carbons (Fsp3) is 0.273. The van der Waals surface area contributed by atoms with Crippen LogP contribution in [0.25, 0.3) is 10.8 Å². The zero-order valence-electron chi connectivity index (χ0n) is 17.3. The molecular formula is C22H22B2F2N2O2. The number of hydrogen-bond acceptors (Lipinski definition) is 4. The number of nitrogens with one attached hydrogen (secondary N) is 2. The summed E-state index contributed by atoms with van der Waals surface area (Å²) in [6.45, 7) is 6.88. The first-order chi connectivity index (χ1) is 14.2. The molecule has 3 aromatic rings. The summed E-state index contributed by atoms with van der Waals surface area (Å²) in [5, 5.41) is 8.50. The van der Waals surface area contributed by atoms with Crippen LogP contribution in [0.4, 0.5) is 20.2 Å². The molecule has 3 aromatic carbocycles. The van der Waals surface area contributed by atoms with Crippen LogP contribution in [0.3, 0.4) is 0 Å². The molecular weight excluding hydrogens is 384 g/mol. The quantitative estimate of drug-likeness (QED) is 0.638. The molecule has 30 heavy (non-hydrogen) atoms. The van der Waals surface area contributed by atoms with Gasteiger partial charge in [0.1, 0.15) is 11.6 Å². The second-order valence-electron chi connectivity index (χ2n) is 8.92. The largest absolute Gasteiger partial charge is 0.495 e. The minimum absolute atomic E-state index is 0.0678. The Bertz CT molecular complexity index is 1090. The van der Waals surface area contributed by atoms with Crippen LogP contribution >= 0.6 is 0 Å². The lowest BCUT2D eigenvalue weighted by atomic mass is 9.64. The highest BCUT2D eigenvalue weighted by atomic mass is 19.1. The smallest absolute Gasteiger partial charge is 0.405 e. The van der Waals surface area contributed by atoms with E-state index >= 15 is 8.78 Å². The normalized spacial score (nSPS) is 19.0. The number of rotatable bonds is 2. The van der Waals surface area contributed by atoms with Crippen molar-refractivity contribution in [1.29, 1.82) is 0 Å². The van der Waals surface area contributed by atoms with Gasteiger partial charge < -0.3 is 19.8 Å². The predicted octanol–water partition coefficient (Wildman–Crippen LogP) is 3.65. The Morgan fingerprint density at radius 2 is 1.30 bits per heavy atom. The van der Waals surface area contributed by atoms with E-state index < -0.39 is 36.9 Å².